The van der Waals surface area contributed by atoms with E-state index >= 15 is 0 Å². The molecule has 39 heavy (non-hydrogen) atoms. The van der Waals surface area contributed by atoms with Gasteiger partial charge in [0.2, 0.25) is 5.91 Å². The van der Waals surface area contributed by atoms with Gasteiger partial charge in [-0.05, 0) is 49.5 Å². The van der Waals surface area contributed by atoms with Crippen LogP contribution in [0.5, 0.6) is 0 Å². The molecule has 2 atom stereocenters. The van der Waals surface area contributed by atoms with Crippen LogP contribution in [0, 0.1) is 0 Å². The Balaban J connectivity index is 0.00000260. The normalized spacial score (nSPS) is 15.5. The van der Waals surface area contributed by atoms with Crippen molar-refractivity contribution in [3.63, 3.8) is 0 Å². The number of aromatic nitrogens is 1. The average Bonchev–Trinajstić information content (AvgIpc) is 3.45. The maximum atomic E-state index is 13.6. The van der Waals surface area contributed by atoms with E-state index in [2.05, 4.69) is 22.6 Å². The fourth-order valence-corrected chi connectivity index (χ4v) is 5.56. The molecule has 2 amide bonds. The maximum absolute atomic E-state index is 13.6. The van der Waals surface area contributed by atoms with E-state index in [1.807, 2.05) is 63.3 Å². The quantitative estimate of drug-likeness (QED) is 0.205. The topological polar surface area (TPSA) is 106 Å². The van der Waals surface area contributed by atoms with Crippen LogP contribution in [0.2, 0.25) is 0 Å². The van der Waals surface area contributed by atoms with E-state index in [0.717, 1.165) is 34.7 Å². The molecule has 1 aliphatic rings. The first-order valence-electron chi connectivity index (χ1n) is 13.8. The number of nitrogens with zero attached hydrogens (tertiary/aromatic N) is 1. The van der Waals surface area contributed by atoms with Crippen LogP contribution in [0.25, 0.3) is 0 Å². The zero-order valence-corrected chi connectivity index (χ0v) is 24.6. The number of rotatable bonds is 11. The van der Waals surface area contributed by atoms with Gasteiger partial charge in [-0.2, -0.15) is 0 Å². The fraction of sp³-hybridized carbons (Fsp3) is 0.452. The summed E-state index contributed by atoms with van der Waals surface area (Å²) in [6, 6.07) is 6.45. The van der Waals surface area contributed by atoms with Crippen LogP contribution >= 0.6 is 11.3 Å². The number of thiazole rings is 1. The highest BCUT2D eigenvalue weighted by Crippen LogP contribution is 2.34. The van der Waals surface area contributed by atoms with Crippen molar-refractivity contribution in [2.75, 3.05) is 12.8 Å². The van der Waals surface area contributed by atoms with Gasteiger partial charge in [-0.25, -0.2) is 9.78 Å². The molecule has 0 saturated heterocycles. The molecule has 1 heterocycles. The molecule has 7 nitrogen and oxygen atoms in total. The lowest BCUT2D eigenvalue weighted by Crippen LogP contribution is -2.48. The molecule has 212 valence electrons. The summed E-state index contributed by atoms with van der Waals surface area (Å²) in [6.45, 7) is 9.65. The number of alkyl carbamates (subject to hydrolysis) is 1. The van der Waals surface area contributed by atoms with Crippen molar-refractivity contribution in [1.82, 2.24) is 15.6 Å². The van der Waals surface area contributed by atoms with Crippen molar-refractivity contribution < 1.29 is 14.3 Å². The number of amides is 2. The van der Waals surface area contributed by atoms with Crippen LogP contribution in [0.3, 0.4) is 0 Å². The molecule has 1 aliphatic carbocycles. The number of nitrogens with one attached hydrogen (secondary N) is 2. The molecule has 1 aromatic carbocycles. The van der Waals surface area contributed by atoms with Crippen molar-refractivity contribution in [2.24, 2.45) is 0 Å². The number of carbonyl (C=O) groups is 2. The van der Waals surface area contributed by atoms with E-state index in [1.165, 1.54) is 26.4 Å². The number of anilines is 1. The Morgan fingerprint density at radius 1 is 1.18 bits per heavy atom. The highest BCUT2D eigenvalue weighted by molar-refractivity contribution is 7.09. The number of nitrogen functional groups attached to an aromatic ring is 1. The summed E-state index contributed by atoms with van der Waals surface area (Å²) < 4.78 is 4.79. The number of nitrogens with two attached hydrogens (primary N) is 1. The summed E-state index contributed by atoms with van der Waals surface area (Å²) >= 11 is 1.58. The van der Waals surface area contributed by atoms with Gasteiger partial charge in [0, 0.05) is 23.4 Å². The highest BCUT2D eigenvalue weighted by Gasteiger charge is 2.27. The first-order chi connectivity index (χ1) is 18.9. The van der Waals surface area contributed by atoms with Gasteiger partial charge in [0.25, 0.3) is 0 Å². The lowest BCUT2D eigenvalue weighted by Gasteiger charge is -2.23. The number of hydrogen-bond donors (Lipinski definition) is 3. The van der Waals surface area contributed by atoms with Crippen LogP contribution in [-0.2, 0) is 16.0 Å². The van der Waals surface area contributed by atoms with E-state index in [1.54, 1.807) is 17.4 Å². The van der Waals surface area contributed by atoms with Crippen molar-refractivity contribution >= 4 is 29.0 Å². The Hall–Kier alpha value is -3.39. The number of ether oxygens (including phenoxy) is 1. The van der Waals surface area contributed by atoms with Crippen molar-refractivity contribution in [3.05, 3.63) is 82.4 Å². The predicted molar refractivity (Wildman–Crippen MR) is 162 cm³/mol. The predicted octanol–water partition coefficient (Wildman–Crippen LogP) is 7.00. The van der Waals surface area contributed by atoms with Crippen LogP contribution < -0.4 is 16.4 Å². The average molecular weight is 553 g/mol. The first kappa shape index (κ1) is 31.8. The molecule has 0 aliphatic heterocycles. The Morgan fingerprint density at radius 3 is 2.49 bits per heavy atom. The summed E-state index contributed by atoms with van der Waals surface area (Å²) in [6.07, 6.45) is 13.5. The number of benzene rings is 1. The molecule has 0 bridgehead atoms. The van der Waals surface area contributed by atoms with E-state index in [0.29, 0.717) is 18.0 Å². The second kappa shape index (κ2) is 17.2. The Kier molecular flexibility index (Phi) is 14.1. The smallest absolute Gasteiger partial charge is 0.407 e. The zero-order chi connectivity index (χ0) is 28.6. The van der Waals surface area contributed by atoms with E-state index in [-0.39, 0.29) is 18.4 Å². The molecule has 1 fully saturated rings. The SMILES string of the molecule is C=C/C=C(\C=C/C)C[C@H](NC(=O)OC)C(=O)N[C@@H](Cc1ccc(N)cc1)c1nc(C2CCCCC2)cs1.CC. The lowest BCUT2D eigenvalue weighted by atomic mass is 9.87. The molecule has 3 rings (SSSR count). The second-order valence-electron chi connectivity index (χ2n) is 9.32. The summed E-state index contributed by atoms with van der Waals surface area (Å²) in [5.41, 5.74) is 9.58. The third kappa shape index (κ3) is 10.4. The summed E-state index contributed by atoms with van der Waals surface area (Å²) in [7, 11) is 1.28. The number of methoxy groups -OCH3 is 1. The molecule has 0 unspecified atom stereocenters. The molecule has 1 saturated carbocycles. The van der Waals surface area contributed by atoms with Gasteiger partial charge in [0.1, 0.15) is 11.0 Å². The van der Waals surface area contributed by atoms with Crippen LogP contribution in [-0.4, -0.2) is 30.1 Å². The van der Waals surface area contributed by atoms with Gasteiger partial charge >= 0.3 is 6.09 Å². The van der Waals surface area contributed by atoms with Crippen molar-refractivity contribution in [3.8, 4) is 0 Å². The van der Waals surface area contributed by atoms with Gasteiger partial charge in [-0.3, -0.25) is 4.79 Å². The monoisotopic (exact) mass is 552 g/mol. The lowest BCUT2D eigenvalue weighted by molar-refractivity contribution is -0.123. The van der Waals surface area contributed by atoms with E-state index < -0.39 is 12.1 Å². The zero-order valence-electron chi connectivity index (χ0n) is 23.7. The van der Waals surface area contributed by atoms with Gasteiger partial charge in [0.15, 0.2) is 0 Å². The van der Waals surface area contributed by atoms with Crippen LogP contribution in [0.4, 0.5) is 10.5 Å². The fourth-order valence-electron chi connectivity index (χ4n) is 4.61. The molecule has 2 aromatic rings. The number of hydrogen-bond acceptors (Lipinski definition) is 6. The van der Waals surface area contributed by atoms with Crippen LogP contribution in [0.15, 0.2) is 66.1 Å². The summed E-state index contributed by atoms with van der Waals surface area (Å²) in [5, 5.41) is 8.84. The molecule has 0 radical (unpaired) electrons. The minimum Gasteiger partial charge on any atom is -0.453 e. The van der Waals surface area contributed by atoms with Gasteiger partial charge < -0.3 is 21.1 Å². The third-order valence-corrected chi connectivity index (χ3v) is 7.52. The van der Waals surface area contributed by atoms with Crippen molar-refractivity contribution in [1.29, 1.82) is 0 Å². The van der Waals surface area contributed by atoms with Crippen LogP contribution in [0.1, 0.15) is 87.5 Å². The summed E-state index contributed by atoms with van der Waals surface area (Å²) in [4.78, 5) is 30.6. The van der Waals surface area contributed by atoms with Crippen molar-refractivity contribution in [2.45, 2.75) is 83.7 Å². The second-order valence-corrected chi connectivity index (χ2v) is 10.2. The Labute approximate surface area is 237 Å². The molecular weight excluding hydrogens is 508 g/mol. The Morgan fingerprint density at radius 2 is 1.87 bits per heavy atom. The highest BCUT2D eigenvalue weighted by atomic mass is 32.1. The van der Waals surface area contributed by atoms with Gasteiger partial charge in [-0.15, -0.1) is 11.3 Å². The maximum Gasteiger partial charge on any atom is 0.407 e. The van der Waals surface area contributed by atoms with Gasteiger partial charge in [0.05, 0.1) is 18.8 Å². The molecule has 4 N–H and O–H groups in total. The molecule has 0 spiro atoms. The minimum absolute atomic E-state index is 0.289. The first-order valence-corrected chi connectivity index (χ1v) is 14.7. The number of allylic oxidation sites excluding steroid dienone is 4. The Bertz CT molecular complexity index is 1100. The number of carbonyl (C=O) groups excluding carboxylic acids is 2. The third-order valence-electron chi connectivity index (χ3n) is 6.54. The minimum atomic E-state index is -0.832. The van der Waals surface area contributed by atoms with E-state index in [9.17, 15) is 9.59 Å². The standard InChI is InChI=1S/C29H38N4O3S.C2H6/c1-4-9-20(10-5-2)17-24(33-29(35)36-3)27(34)31-25(18-21-13-15-23(30)16-14-21)28-32-26(19-37-28)22-11-7-6-8-12-22;1-2/h4-5,9-10,13-16,19,22,24-25H,1,6-8,11-12,17-18,30H2,2-3H3,(H,31,34)(H,33,35);1-2H3/b10-5-,20-9+;/t24-,25-;/m0./s1. The van der Waals surface area contributed by atoms with E-state index in [4.69, 9.17) is 15.5 Å². The molecule has 1 aromatic heterocycles. The van der Waals surface area contributed by atoms with Gasteiger partial charge in [-0.1, -0.05) is 76.1 Å². The largest absolute Gasteiger partial charge is 0.453 e. The molecular formula is C31H44N4O3S. The molecule has 8 heteroatoms. The summed E-state index contributed by atoms with van der Waals surface area (Å²) in [5.74, 6) is 0.174.